The van der Waals surface area contributed by atoms with Gasteiger partial charge in [0.1, 0.15) is 5.75 Å². The van der Waals surface area contributed by atoms with E-state index in [-0.39, 0.29) is 11.3 Å². The number of carbonyl (C=O) groups is 1. The monoisotopic (exact) mass is 355 g/mol. The van der Waals surface area contributed by atoms with E-state index in [0.29, 0.717) is 57.9 Å². The summed E-state index contributed by atoms with van der Waals surface area (Å²) in [6.45, 7) is 0.420. The van der Waals surface area contributed by atoms with Crippen LogP contribution in [0.5, 0.6) is 5.75 Å². The Morgan fingerprint density at radius 2 is 2.08 bits per heavy atom. The van der Waals surface area contributed by atoms with Crippen LogP contribution in [0.4, 0.5) is 0 Å². The van der Waals surface area contributed by atoms with Crippen LogP contribution in [-0.2, 0) is 6.54 Å². The van der Waals surface area contributed by atoms with Crippen LogP contribution < -0.4 is 10.3 Å². The van der Waals surface area contributed by atoms with E-state index in [0.717, 1.165) is 0 Å². The number of ether oxygens (including phenoxy) is 1. The number of hydrogen-bond donors (Lipinski definition) is 0. The Kier molecular flexibility index (Phi) is 3.77. The van der Waals surface area contributed by atoms with Crippen molar-refractivity contribution in [3.05, 3.63) is 52.2 Å². The first-order chi connectivity index (χ1) is 12.2. The van der Waals surface area contributed by atoms with E-state index in [1.54, 1.807) is 35.3 Å². The van der Waals surface area contributed by atoms with Gasteiger partial charge in [-0.25, -0.2) is 0 Å². The fourth-order valence-corrected chi connectivity index (χ4v) is 3.37. The van der Waals surface area contributed by atoms with E-state index < -0.39 is 0 Å². The average Bonchev–Trinajstić information content (AvgIpc) is 2.94. The third-order valence-electron chi connectivity index (χ3n) is 4.38. The van der Waals surface area contributed by atoms with Gasteiger partial charge >= 0.3 is 0 Å². The van der Waals surface area contributed by atoms with Crippen molar-refractivity contribution >= 4 is 28.2 Å². The number of ketones is 1. The van der Waals surface area contributed by atoms with Gasteiger partial charge in [0, 0.05) is 30.2 Å². The lowest BCUT2D eigenvalue weighted by Gasteiger charge is -2.13. The molecular weight excluding hydrogens is 342 g/mol. The van der Waals surface area contributed by atoms with Crippen LogP contribution in [0.25, 0.3) is 22.2 Å². The van der Waals surface area contributed by atoms with Gasteiger partial charge in [-0.2, -0.15) is 0 Å². The van der Waals surface area contributed by atoms with Crippen molar-refractivity contribution in [2.45, 2.75) is 13.0 Å². The van der Waals surface area contributed by atoms with Gasteiger partial charge in [0.05, 0.1) is 41.2 Å². The number of hydrogen-bond acceptors (Lipinski definition) is 5. The zero-order valence-corrected chi connectivity index (χ0v) is 14.2. The Morgan fingerprint density at radius 1 is 1.24 bits per heavy atom. The number of halogens is 1. The van der Waals surface area contributed by atoms with Gasteiger partial charge in [-0.15, -0.1) is 11.6 Å². The van der Waals surface area contributed by atoms with Crippen LogP contribution in [0.15, 0.2) is 35.5 Å². The van der Waals surface area contributed by atoms with E-state index in [1.165, 1.54) is 7.11 Å². The van der Waals surface area contributed by atoms with Gasteiger partial charge in [0.15, 0.2) is 5.78 Å². The highest BCUT2D eigenvalue weighted by molar-refractivity contribution is 6.26. The van der Waals surface area contributed by atoms with Gasteiger partial charge in [0.2, 0.25) is 0 Å². The molecule has 0 saturated heterocycles. The maximum absolute atomic E-state index is 13.0. The minimum Gasteiger partial charge on any atom is -0.495 e. The van der Waals surface area contributed by atoms with E-state index in [9.17, 15) is 9.59 Å². The summed E-state index contributed by atoms with van der Waals surface area (Å²) < 4.78 is 6.78. The molecule has 3 aromatic heterocycles. The molecule has 0 aromatic carbocycles. The first-order valence-corrected chi connectivity index (χ1v) is 8.36. The lowest BCUT2D eigenvalue weighted by Crippen LogP contribution is -2.24. The molecule has 1 aliphatic rings. The third kappa shape index (κ3) is 2.25. The minimum absolute atomic E-state index is 0.167. The SMILES string of the molecule is COc1cnc2c(c1)C(=O)c1c-2n(CCCCl)c(=O)c2ccncc12. The molecule has 0 saturated carbocycles. The summed E-state index contributed by atoms with van der Waals surface area (Å²) in [5.41, 5.74) is 1.77. The molecule has 0 aliphatic heterocycles. The van der Waals surface area contributed by atoms with Crippen molar-refractivity contribution in [1.29, 1.82) is 0 Å². The summed E-state index contributed by atoms with van der Waals surface area (Å²) >= 11 is 5.82. The van der Waals surface area contributed by atoms with Gasteiger partial charge < -0.3 is 9.30 Å². The van der Waals surface area contributed by atoms with Gasteiger partial charge in [-0.3, -0.25) is 19.6 Å². The number of carbonyl (C=O) groups excluding carboxylic acids is 1. The summed E-state index contributed by atoms with van der Waals surface area (Å²) in [5.74, 6) is 0.748. The van der Waals surface area contributed by atoms with Crippen LogP contribution >= 0.6 is 11.6 Å². The van der Waals surface area contributed by atoms with E-state index in [4.69, 9.17) is 16.3 Å². The summed E-state index contributed by atoms with van der Waals surface area (Å²) in [7, 11) is 1.52. The minimum atomic E-state index is -0.172. The van der Waals surface area contributed by atoms with Crippen molar-refractivity contribution in [1.82, 2.24) is 14.5 Å². The van der Waals surface area contributed by atoms with Crippen LogP contribution in [0, 0.1) is 0 Å². The predicted octanol–water partition coefficient (Wildman–Crippen LogP) is 2.64. The Hall–Kier alpha value is -2.73. The first kappa shape index (κ1) is 15.8. The highest BCUT2D eigenvalue weighted by Crippen LogP contribution is 2.39. The molecule has 0 fully saturated rings. The van der Waals surface area contributed by atoms with Crippen molar-refractivity contribution in [3.63, 3.8) is 0 Å². The van der Waals surface area contributed by atoms with Crippen molar-refractivity contribution in [2.24, 2.45) is 0 Å². The standard InChI is InChI=1S/C18H14ClN3O3/c1-25-10-7-12-15(21-8-10)16-14(17(12)23)13-9-20-5-3-11(13)18(24)22(16)6-2-4-19/h3,5,7-9H,2,4,6H2,1H3. The second kappa shape index (κ2) is 5.97. The topological polar surface area (TPSA) is 74.1 Å². The quantitative estimate of drug-likeness (QED) is 0.526. The smallest absolute Gasteiger partial charge is 0.259 e. The number of methoxy groups -OCH3 is 1. The molecule has 0 spiro atoms. The van der Waals surface area contributed by atoms with E-state index in [2.05, 4.69) is 9.97 Å². The van der Waals surface area contributed by atoms with Gasteiger partial charge in [-0.1, -0.05) is 0 Å². The van der Waals surface area contributed by atoms with E-state index in [1.807, 2.05) is 0 Å². The van der Waals surface area contributed by atoms with Crippen molar-refractivity contribution in [2.75, 3.05) is 13.0 Å². The fraction of sp³-hybridized carbons (Fsp3) is 0.222. The second-order valence-electron chi connectivity index (χ2n) is 5.74. The number of rotatable bonds is 4. The van der Waals surface area contributed by atoms with Crippen LogP contribution in [-0.4, -0.2) is 33.3 Å². The van der Waals surface area contributed by atoms with Crippen LogP contribution in [0.3, 0.4) is 0 Å². The number of aromatic nitrogens is 3. The molecule has 0 N–H and O–H groups in total. The molecule has 126 valence electrons. The van der Waals surface area contributed by atoms with Gasteiger partial charge in [0.25, 0.3) is 5.56 Å². The molecule has 25 heavy (non-hydrogen) atoms. The summed E-state index contributed by atoms with van der Waals surface area (Å²) in [4.78, 5) is 34.5. The molecule has 1 aliphatic carbocycles. The molecule has 0 atom stereocenters. The second-order valence-corrected chi connectivity index (χ2v) is 6.12. The molecule has 6 nitrogen and oxygen atoms in total. The Labute approximate surface area is 148 Å². The molecule has 0 radical (unpaired) electrons. The zero-order valence-electron chi connectivity index (χ0n) is 13.5. The molecule has 3 heterocycles. The first-order valence-electron chi connectivity index (χ1n) is 7.83. The Morgan fingerprint density at radius 3 is 2.84 bits per heavy atom. The molecular formula is C18H14ClN3O3. The summed E-state index contributed by atoms with van der Waals surface area (Å²) in [6, 6.07) is 3.29. The number of nitrogens with zero attached hydrogens (tertiary/aromatic N) is 3. The Balaban J connectivity index is 2.11. The lowest BCUT2D eigenvalue weighted by atomic mass is 10.0. The molecule has 0 bridgehead atoms. The number of alkyl halides is 1. The predicted molar refractivity (Wildman–Crippen MR) is 94.6 cm³/mol. The molecule has 3 aromatic rings. The largest absolute Gasteiger partial charge is 0.495 e. The van der Waals surface area contributed by atoms with Crippen LogP contribution in [0.2, 0.25) is 0 Å². The fourth-order valence-electron chi connectivity index (χ4n) is 3.25. The summed E-state index contributed by atoms with van der Waals surface area (Å²) in [5, 5.41) is 1.02. The molecule has 0 amide bonds. The maximum Gasteiger partial charge on any atom is 0.259 e. The number of pyridine rings is 3. The van der Waals surface area contributed by atoms with Gasteiger partial charge in [-0.05, 0) is 18.6 Å². The van der Waals surface area contributed by atoms with Crippen LogP contribution in [0.1, 0.15) is 22.3 Å². The molecule has 0 unspecified atom stereocenters. The molecule has 7 heteroatoms. The van der Waals surface area contributed by atoms with Crippen molar-refractivity contribution < 1.29 is 9.53 Å². The summed E-state index contributed by atoms with van der Waals surface area (Å²) in [6.07, 6.45) is 5.27. The average molecular weight is 356 g/mol. The Bertz CT molecular complexity index is 1080. The highest BCUT2D eigenvalue weighted by atomic mass is 35.5. The zero-order chi connectivity index (χ0) is 17.6. The normalized spacial score (nSPS) is 12.3. The maximum atomic E-state index is 13.0. The van der Waals surface area contributed by atoms with Crippen molar-refractivity contribution in [3.8, 4) is 17.1 Å². The van der Waals surface area contributed by atoms with E-state index >= 15 is 0 Å². The number of fused-ring (bicyclic) bond motifs is 5. The molecule has 4 rings (SSSR count). The lowest BCUT2D eigenvalue weighted by molar-refractivity contribution is 0.104. The third-order valence-corrected chi connectivity index (χ3v) is 4.65. The highest BCUT2D eigenvalue weighted by Gasteiger charge is 2.34.